The summed E-state index contributed by atoms with van der Waals surface area (Å²) in [6.45, 7) is 5.97. The molecule has 33 heavy (non-hydrogen) atoms. The second kappa shape index (κ2) is 10.9. The average molecular weight is 446 g/mol. The second-order valence-corrected chi connectivity index (χ2v) is 7.01. The molecule has 0 bridgehead atoms. The van der Waals surface area contributed by atoms with E-state index in [0.717, 1.165) is 28.9 Å². The summed E-state index contributed by atoms with van der Waals surface area (Å²) < 4.78 is 0.428. The Bertz CT molecular complexity index is 1300. The van der Waals surface area contributed by atoms with Crippen molar-refractivity contribution >= 4 is 34.1 Å². The number of nitrogens with zero attached hydrogens (tertiary/aromatic N) is 3. The molecule has 0 aliphatic heterocycles. The minimum atomic E-state index is -0.814. The number of anilines is 3. The zero-order valence-electron chi connectivity index (χ0n) is 18.9. The zero-order valence-corrected chi connectivity index (χ0v) is 18.9. The van der Waals surface area contributed by atoms with Crippen molar-refractivity contribution in [1.29, 1.82) is 0 Å². The van der Waals surface area contributed by atoms with Crippen molar-refractivity contribution in [2.75, 3.05) is 10.6 Å². The summed E-state index contributed by atoms with van der Waals surface area (Å²) in [6, 6.07) is 18.7. The topological polar surface area (TPSA) is 109 Å². The summed E-state index contributed by atoms with van der Waals surface area (Å²) in [5, 5.41) is 16.4. The lowest BCUT2D eigenvalue weighted by molar-refractivity contribution is -0.116. The normalized spacial score (nSPS) is 10.3. The lowest BCUT2D eigenvalue weighted by Gasteiger charge is -2.11. The van der Waals surface area contributed by atoms with Gasteiger partial charge >= 0.3 is 5.69 Å². The van der Waals surface area contributed by atoms with Crippen molar-refractivity contribution in [2.45, 2.75) is 33.6 Å². The molecule has 0 saturated heterocycles. The number of pyridine rings is 1. The van der Waals surface area contributed by atoms with Crippen molar-refractivity contribution in [1.82, 2.24) is 14.7 Å². The van der Waals surface area contributed by atoms with Crippen molar-refractivity contribution in [2.24, 2.45) is 0 Å². The number of hydrogen-bond acceptors (Lipinski definition) is 6. The summed E-state index contributed by atoms with van der Waals surface area (Å²) in [5.74, 6) is 0.310. The molecule has 0 aliphatic carbocycles. The first-order valence-electron chi connectivity index (χ1n) is 10.9. The highest BCUT2D eigenvalue weighted by atomic mass is 16.5. The molecule has 8 heteroatoms. The second-order valence-electron chi connectivity index (χ2n) is 7.01. The number of nitrogens with one attached hydrogen (secondary N) is 2. The number of hydrogen-bond donors (Lipinski definition) is 3. The van der Waals surface area contributed by atoms with E-state index in [-0.39, 0.29) is 11.6 Å². The fourth-order valence-corrected chi connectivity index (χ4v) is 3.25. The van der Waals surface area contributed by atoms with Gasteiger partial charge in [0.15, 0.2) is 5.65 Å². The van der Waals surface area contributed by atoms with Crippen LogP contribution in [0.25, 0.3) is 22.2 Å². The van der Waals surface area contributed by atoms with Gasteiger partial charge in [0.1, 0.15) is 5.82 Å². The molecule has 0 atom stereocenters. The summed E-state index contributed by atoms with van der Waals surface area (Å²) in [4.78, 5) is 31.7. The van der Waals surface area contributed by atoms with Gasteiger partial charge in [0.05, 0.1) is 5.39 Å². The van der Waals surface area contributed by atoms with Gasteiger partial charge in [0.25, 0.3) is 0 Å². The Kier molecular flexibility index (Phi) is 7.75. The van der Waals surface area contributed by atoms with Gasteiger partial charge in [0.2, 0.25) is 5.91 Å². The van der Waals surface area contributed by atoms with Crippen LogP contribution in [-0.4, -0.2) is 25.8 Å². The highest BCUT2D eigenvalue weighted by molar-refractivity contribution is 5.91. The molecule has 170 valence electrons. The van der Waals surface area contributed by atoms with Gasteiger partial charge < -0.3 is 15.8 Å². The van der Waals surface area contributed by atoms with E-state index in [4.69, 9.17) is 0 Å². The molecule has 0 radical (unpaired) electrons. The first kappa shape index (κ1) is 23.5. The van der Waals surface area contributed by atoms with E-state index < -0.39 is 5.69 Å². The molecule has 0 fully saturated rings. The first-order chi connectivity index (χ1) is 16.0. The van der Waals surface area contributed by atoms with E-state index in [9.17, 15) is 14.8 Å². The van der Waals surface area contributed by atoms with Gasteiger partial charge in [-0.1, -0.05) is 45.0 Å². The first-order valence-corrected chi connectivity index (χ1v) is 10.9. The monoisotopic (exact) mass is 445 g/mol. The van der Waals surface area contributed by atoms with E-state index in [0.29, 0.717) is 22.4 Å². The van der Waals surface area contributed by atoms with E-state index >= 15 is 0 Å². The van der Waals surface area contributed by atoms with Gasteiger partial charge in [0, 0.05) is 24.0 Å². The van der Waals surface area contributed by atoms with Crippen LogP contribution >= 0.6 is 0 Å². The smallest absolute Gasteiger partial charge is 0.384 e. The van der Waals surface area contributed by atoms with Gasteiger partial charge in [-0.25, -0.2) is 9.78 Å². The van der Waals surface area contributed by atoms with Gasteiger partial charge in [-0.2, -0.15) is 4.98 Å². The SMILES string of the molecule is CC.CCCC(=O)Nc1ccc(-c2cccc(Nc3nc(=O)n(O)c4ncccc34)c2)cc1. The third-order valence-electron chi connectivity index (χ3n) is 4.74. The molecule has 2 aromatic carbocycles. The maximum Gasteiger partial charge on any atom is 0.384 e. The Morgan fingerprint density at radius 1 is 1.00 bits per heavy atom. The molecular weight excluding hydrogens is 418 g/mol. The minimum absolute atomic E-state index is 0.000433. The number of benzene rings is 2. The Morgan fingerprint density at radius 3 is 2.48 bits per heavy atom. The van der Waals surface area contributed by atoms with E-state index in [1.807, 2.05) is 69.3 Å². The number of fused-ring (bicyclic) bond motifs is 1. The van der Waals surface area contributed by atoms with Crippen LogP contribution in [0.15, 0.2) is 71.7 Å². The summed E-state index contributed by atoms with van der Waals surface area (Å²) >= 11 is 0. The van der Waals surface area contributed by atoms with Crippen LogP contribution in [0, 0.1) is 0 Å². The summed E-state index contributed by atoms with van der Waals surface area (Å²) in [6.07, 6.45) is 2.79. The molecule has 3 N–H and O–H groups in total. The van der Waals surface area contributed by atoms with Crippen molar-refractivity contribution in [3.05, 3.63) is 77.3 Å². The van der Waals surface area contributed by atoms with Crippen LogP contribution in [-0.2, 0) is 4.79 Å². The fourth-order valence-electron chi connectivity index (χ4n) is 3.25. The summed E-state index contributed by atoms with van der Waals surface area (Å²) in [7, 11) is 0. The molecule has 1 amide bonds. The third-order valence-corrected chi connectivity index (χ3v) is 4.74. The van der Waals surface area contributed by atoms with Crippen LogP contribution in [0.4, 0.5) is 17.2 Å². The zero-order chi connectivity index (χ0) is 23.8. The van der Waals surface area contributed by atoms with Crippen molar-refractivity contribution in [3.63, 3.8) is 0 Å². The van der Waals surface area contributed by atoms with Crippen LogP contribution in [0.1, 0.15) is 33.6 Å². The van der Waals surface area contributed by atoms with Crippen molar-refractivity contribution in [3.8, 4) is 11.1 Å². The largest absolute Gasteiger partial charge is 0.422 e. The molecule has 4 aromatic rings. The van der Waals surface area contributed by atoms with E-state index in [2.05, 4.69) is 20.6 Å². The standard InChI is InChI=1S/C23H21N5O3.C2H6/c1-2-5-20(29)25-17-11-9-15(10-12-17)16-6-3-7-18(14-16)26-21-19-8-4-13-24-22(19)28(31)23(30)27-21;1-2/h3-4,6-14,31H,2,5H2,1H3,(H,25,29)(H,26,27,30);1-2H3. The Balaban J connectivity index is 0.00000149. The Labute approximate surface area is 191 Å². The fraction of sp³-hybridized carbons (Fsp3) is 0.200. The quantitative estimate of drug-likeness (QED) is 0.352. The number of rotatable bonds is 6. The lowest BCUT2D eigenvalue weighted by Crippen LogP contribution is -2.23. The van der Waals surface area contributed by atoms with Crippen molar-refractivity contribution < 1.29 is 10.0 Å². The van der Waals surface area contributed by atoms with Gasteiger partial charge in [-0.15, -0.1) is 4.73 Å². The molecule has 0 spiro atoms. The maximum absolute atomic E-state index is 12.0. The summed E-state index contributed by atoms with van der Waals surface area (Å²) in [5.41, 5.74) is 2.72. The molecule has 2 heterocycles. The predicted molar refractivity (Wildman–Crippen MR) is 131 cm³/mol. The molecule has 0 saturated carbocycles. The Morgan fingerprint density at radius 2 is 1.76 bits per heavy atom. The van der Waals surface area contributed by atoms with E-state index in [1.165, 1.54) is 6.20 Å². The van der Waals surface area contributed by atoms with Gasteiger partial charge in [-0.05, 0) is 53.9 Å². The molecule has 0 unspecified atom stereocenters. The van der Waals surface area contributed by atoms with Crippen LogP contribution in [0.3, 0.4) is 0 Å². The lowest BCUT2D eigenvalue weighted by atomic mass is 10.0. The van der Waals surface area contributed by atoms with E-state index in [1.54, 1.807) is 12.1 Å². The number of carbonyl (C=O) groups excluding carboxylic acids is 1. The highest BCUT2D eigenvalue weighted by Gasteiger charge is 2.11. The number of aromatic nitrogens is 3. The molecule has 2 aromatic heterocycles. The van der Waals surface area contributed by atoms with Crippen LogP contribution in [0.5, 0.6) is 0 Å². The highest BCUT2D eigenvalue weighted by Crippen LogP contribution is 2.27. The number of carbonyl (C=O) groups is 1. The average Bonchev–Trinajstić information content (AvgIpc) is 2.84. The molecule has 8 nitrogen and oxygen atoms in total. The molecule has 4 rings (SSSR count). The minimum Gasteiger partial charge on any atom is -0.422 e. The third kappa shape index (κ3) is 5.54. The molecular formula is C25H27N5O3. The van der Waals surface area contributed by atoms with Crippen LogP contribution in [0.2, 0.25) is 0 Å². The Hall–Kier alpha value is -4.20. The number of amides is 1. The molecule has 0 aliphatic rings. The van der Waals surface area contributed by atoms with Crippen LogP contribution < -0.4 is 16.3 Å². The predicted octanol–water partition coefficient (Wildman–Crippen LogP) is 5.20. The van der Waals surface area contributed by atoms with Gasteiger partial charge in [-0.3, -0.25) is 4.79 Å². The maximum atomic E-state index is 12.0.